The Morgan fingerprint density at radius 3 is 2.40 bits per heavy atom. The topological polar surface area (TPSA) is 87.7 Å². The molecule has 0 aliphatic rings. The van der Waals surface area contributed by atoms with Gasteiger partial charge in [-0.3, -0.25) is 4.79 Å². The van der Waals surface area contributed by atoms with Gasteiger partial charge in [-0.25, -0.2) is 4.79 Å². The van der Waals surface area contributed by atoms with Crippen molar-refractivity contribution in [2.45, 2.75) is 58.7 Å². The number of carbonyl (C=O) groups excluding carboxylic acids is 2. The first-order valence-corrected chi connectivity index (χ1v) is 8.57. The Bertz CT molecular complexity index is 612. The van der Waals surface area contributed by atoms with Crippen molar-refractivity contribution in [3.63, 3.8) is 0 Å². The fourth-order valence-electron chi connectivity index (χ4n) is 2.02. The number of carbonyl (C=O) groups is 2. The molecule has 25 heavy (non-hydrogen) atoms. The zero-order valence-corrected chi connectivity index (χ0v) is 16.1. The first kappa shape index (κ1) is 21.3. The molecule has 0 heterocycles. The van der Waals surface area contributed by atoms with Gasteiger partial charge in [0.15, 0.2) is 0 Å². The SMILES string of the molecule is CC(C)c1ccc(CNC(=O)[C@@H](CO)NC(=O)OC(C)(C)C)c(Cl)c1. The average Bonchev–Trinajstić information content (AvgIpc) is 2.49. The summed E-state index contributed by atoms with van der Waals surface area (Å²) in [4.78, 5) is 23.9. The highest BCUT2D eigenvalue weighted by Crippen LogP contribution is 2.22. The summed E-state index contributed by atoms with van der Waals surface area (Å²) in [6, 6.07) is 4.59. The van der Waals surface area contributed by atoms with Gasteiger partial charge in [0.25, 0.3) is 0 Å². The molecule has 7 heteroatoms. The molecule has 0 aliphatic heterocycles. The number of rotatable bonds is 6. The zero-order chi connectivity index (χ0) is 19.2. The van der Waals surface area contributed by atoms with Crippen LogP contribution in [0.1, 0.15) is 51.7 Å². The Balaban J connectivity index is 2.63. The molecule has 0 unspecified atom stereocenters. The van der Waals surface area contributed by atoms with Crippen LogP contribution < -0.4 is 10.6 Å². The number of hydrogen-bond donors (Lipinski definition) is 3. The summed E-state index contributed by atoms with van der Waals surface area (Å²) >= 11 is 6.24. The molecule has 1 aromatic carbocycles. The minimum Gasteiger partial charge on any atom is -0.444 e. The Hall–Kier alpha value is -1.79. The van der Waals surface area contributed by atoms with Gasteiger partial charge in [0.05, 0.1) is 6.61 Å². The molecular formula is C18H27ClN2O4. The van der Waals surface area contributed by atoms with Crippen molar-refractivity contribution >= 4 is 23.6 Å². The molecule has 0 bridgehead atoms. The van der Waals surface area contributed by atoms with Crippen LogP contribution in [-0.2, 0) is 16.1 Å². The number of benzene rings is 1. The molecule has 1 atom stereocenters. The molecule has 2 amide bonds. The molecule has 1 rings (SSSR count). The summed E-state index contributed by atoms with van der Waals surface area (Å²) in [5.74, 6) is -0.157. The van der Waals surface area contributed by atoms with Gasteiger partial charge in [-0.1, -0.05) is 37.6 Å². The van der Waals surface area contributed by atoms with E-state index in [1.807, 2.05) is 18.2 Å². The van der Waals surface area contributed by atoms with E-state index in [1.54, 1.807) is 20.8 Å². The smallest absolute Gasteiger partial charge is 0.408 e. The highest BCUT2D eigenvalue weighted by atomic mass is 35.5. The van der Waals surface area contributed by atoms with E-state index in [4.69, 9.17) is 16.3 Å². The van der Waals surface area contributed by atoms with Crippen molar-refractivity contribution < 1.29 is 19.4 Å². The van der Waals surface area contributed by atoms with Gasteiger partial charge < -0.3 is 20.5 Å². The number of aliphatic hydroxyl groups is 1. The van der Waals surface area contributed by atoms with E-state index >= 15 is 0 Å². The minimum absolute atomic E-state index is 0.197. The van der Waals surface area contributed by atoms with E-state index in [0.29, 0.717) is 10.9 Å². The maximum absolute atomic E-state index is 12.2. The van der Waals surface area contributed by atoms with Gasteiger partial charge in [-0.2, -0.15) is 0 Å². The Kier molecular flexibility index (Phi) is 7.70. The van der Waals surface area contributed by atoms with Gasteiger partial charge in [0, 0.05) is 11.6 Å². The Labute approximate surface area is 153 Å². The molecule has 0 saturated heterocycles. The second kappa shape index (κ2) is 9.06. The molecule has 0 spiro atoms. The molecule has 0 aliphatic carbocycles. The van der Waals surface area contributed by atoms with Crippen LogP contribution in [0.15, 0.2) is 18.2 Å². The predicted octanol–water partition coefficient (Wildman–Crippen LogP) is 2.97. The lowest BCUT2D eigenvalue weighted by molar-refractivity contribution is -0.124. The number of alkyl carbamates (subject to hydrolysis) is 1. The van der Waals surface area contributed by atoms with Crippen LogP contribution in [0.3, 0.4) is 0 Å². The third-order valence-electron chi connectivity index (χ3n) is 3.39. The van der Waals surface area contributed by atoms with Crippen LogP contribution in [0.5, 0.6) is 0 Å². The highest BCUT2D eigenvalue weighted by Gasteiger charge is 2.23. The molecule has 0 radical (unpaired) electrons. The van der Waals surface area contributed by atoms with Gasteiger partial charge >= 0.3 is 6.09 Å². The minimum atomic E-state index is -1.09. The number of halogens is 1. The molecule has 1 aromatic rings. The van der Waals surface area contributed by atoms with E-state index in [0.717, 1.165) is 11.1 Å². The molecular weight excluding hydrogens is 344 g/mol. The number of hydrogen-bond acceptors (Lipinski definition) is 4. The van der Waals surface area contributed by atoms with E-state index in [-0.39, 0.29) is 6.54 Å². The number of aliphatic hydroxyl groups excluding tert-OH is 1. The van der Waals surface area contributed by atoms with Crippen LogP contribution in [0.2, 0.25) is 5.02 Å². The monoisotopic (exact) mass is 370 g/mol. The van der Waals surface area contributed by atoms with Gasteiger partial charge in [-0.05, 0) is 43.9 Å². The number of nitrogens with one attached hydrogen (secondary N) is 2. The normalized spacial score (nSPS) is 12.6. The highest BCUT2D eigenvalue weighted by molar-refractivity contribution is 6.31. The quantitative estimate of drug-likeness (QED) is 0.718. The molecule has 6 nitrogen and oxygen atoms in total. The first-order valence-electron chi connectivity index (χ1n) is 8.20. The summed E-state index contributed by atoms with van der Waals surface area (Å²) in [6.45, 7) is 8.94. The fraction of sp³-hybridized carbons (Fsp3) is 0.556. The average molecular weight is 371 g/mol. The summed E-state index contributed by atoms with van der Waals surface area (Å²) in [5, 5.41) is 14.9. The Morgan fingerprint density at radius 2 is 1.92 bits per heavy atom. The van der Waals surface area contributed by atoms with Crippen molar-refractivity contribution in [2.24, 2.45) is 0 Å². The van der Waals surface area contributed by atoms with Gasteiger partial charge in [0.1, 0.15) is 11.6 Å². The van der Waals surface area contributed by atoms with Crippen LogP contribution in [0.4, 0.5) is 4.79 Å². The van der Waals surface area contributed by atoms with Crippen molar-refractivity contribution in [2.75, 3.05) is 6.61 Å². The third-order valence-corrected chi connectivity index (χ3v) is 3.74. The molecule has 0 saturated carbocycles. The largest absolute Gasteiger partial charge is 0.444 e. The zero-order valence-electron chi connectivity index (χ0n) is 15.4. The predicted molar refractivity (Wildman–Crippen MR) is 97.6 cm³/mol. The van der Waals surface area contributed by atoms with E-state index < -0.39 is 30.3 Å². The van der Waals surface area contributed by atoms with Crippen molar-refractivity contribution in [3.8, 4) is 0 Å². The second-order valence-corrected chi connectivity index (χ2v) is 7.51. The molecule has 0 aromatic heterocycles. The Morgan fingerprint density at radius 1 is 1.28 bits per heavy atom. The molecule has 3 N–H and O–H groups in total. The third kappa shape index (κ3) is 7.32. The lowest BCUT2D eigenvalue weighted by Crippen LogP contribution is -2.50. The van der Waals surface area contributed by atoms with Crippen LogP contribution >= 0.6 is 11.6 Å². The van der Waals surface area contributed by atoms with Gasteiger partial charge in [-0.15, -0.1) is 0 Å². The molecule has 0 fully saturated rings. The summed E-state index contributed by atoms with van der Waals surface area (Å²) in [6.07, 6.45) is -0.763. The van der Waals surface area contributed by atoms with Crippen LogP contribution in [0.25, 0.3) is 0 Å². The number of amides is 2. The summed E-state index contributed by atoms with van der Waals surface area (Å²) in [7, 11) is 0. The number of ether oxygens (including phenoxy) is 1. The lowest BCUT2D eigenvalue weighted by Gasteiger charge is -2.22. The van der Waals surface area contributed by atoms with Crippen molar-refractivity contribution in [3.05, 3.63) is 34.3 Å². The molecule has 140 valence electrons. The van der Waals surface area contributed by atoms with Crippen molar-refractivity contribution in [1.29, 1.82) is 0 Å². The van der Waals surface area contributed by atoms with Gasteiger partial charge in [0.2, 0.25) is 5.91 Å². The second-order valence-electron chi connectivity index (χ2n) is 7.10. The summed E-state index contributed by atoms with van der Waals surface area (Å²) in [5.41, 5.74) is 1.18. The standard InChI is InChI=1S/C18H27ClN2O4/c1-11(2)12-6-7-13(14(19)8-12)9-20-16(23)15(10-22)21-17(24)25-18(3,4)5/h6-8,11,15,22H,9-10H2,1-5H3,(H,20,23)(H,21,24)/t15-/m1/s1. The lowest BCUT2D eigenvalue weighted by atomic mass is 10.0. The van der Waals surface area contributed by atoms with Crippen LogP contribution in [0, 0.1) is 0 Å². The van der Waals surface area contributed by atoms with E-state index in [2.05, 4.69) is 24.5 Å². The first-order chi connectivity index (χ1) is 11.5. The fourth-order valence-corrected chi connectivity index (χ4v) is 2.27. The van der Waals surface area contributed by atoms with Crippen molar-refractivity contribution in [1.82, 2.24) is 10.6 Å². The van der Waals surface area contributed by atoms with Crippen LogP contribution in [-0.4, -0.2) is 35.4 Å². The maximum atomic E-state index is 12.2. The summed E-state index contributed by atoms with van der Waals surface area (Å²) < 4.78 is 5.08. The van der Waals surface area contributed by atoms with E-state index in [9.17, 15) is 14.7 Å². The van der Waals surface area contributed by atoms with E-state index in [1.165, 1.54) is 0 Å². The maximum Gasteiger partial charge on any atom is 0.408 e.